The Morgan fingerprint density at radius 1 is 0.523 bits per heavy atom. The molecule has 0 aliphatic heterocycles. The topological polar surface area (TPSA) is 148 Å². The van der Waals surface area contributed by atoms with Crippen LogP contribution in [0.25, 0.3) is 0 Å². The summed E-state index contributed by atoms with van der Waals surface area (Å²) in [5.41, 5.74) is 0. The Bertz CT molecular complexity index is 585. The third-order valence-corrected chi connectivity index (χ3v) is 5.77. The Morgan fingerprint density at radius 2 is 0.909 bits per heavy atom. The Kier molecular flexibility index (Phi) is 34.8. The number of nitrogens with one attached hydrogen (secondary N) is 1. The Morgan fingerprint density at radius 3 is 1.30 bits per heavy atom. The van der Waals surface area contributed by atoms with E-state index in [2.05, 4.69) is 5.32 Å². The normalized spacial score (nSPS) is 11.4. The molecule has 0 rings (SSSR count). The van der Waals surface area contributed by atoms with Crippen molar-refractivity contribution in [2.75, 3.05) is 140 Å². The summed E-state index contributed by atoms with van der Waals surface area (Å²) in [7, 11) is 3.26. The van der Waals surface area contributed by atoms with E-state index in [0.717, 1.165) is 19.3 Å². The molecule has 0 aromatic rings. The van der Waals surface area contributed by atoms with E-state index in [4.69, 9.17) is 52.1 Å². The summed E-state index contributed by atoms with van der Waals surface area (Å²) >= 11 is 0. The van der Waals surface area contributed by atoms with Crippen LogP contribution in [0.15, 0.2) is 0 Å². The van der Waals surface area contributed by atoms with Gasteiger partial charge in [0.2, 0.25) is 0 Å². The first-order valence-corrected chi connectivity index (χ1v) is 15.7. The molecule has 14 nitrogen and oxygen atoms in total. The number of rotatable bonds is 36. The molecule has 262 valence electrons. The molecule has 44 heavy (non-hydrogen) atoms. The van der Waals surface area contributed by atoms with Crippen LogP contribution in [0.4, 0.5) is 4.79 Å². The van der Waals surface area contributed by atoms with E-state index >= 15 is 0 Å². The third-order valence-electron chi connectivity index (χ3n) is 5.77. The second kappa shape index (κ2) is 36.0. The van der Waals surface area contributed by atoms with Crippen LogP contribution in [0, 0.1) is 0 Å². The molecule has 0 aliphatic rings. The second-order valence-electron chi connectivity index (χ2n) is 9.47. The van der Waals surface area contributed by atoms with Crippen LogP contribution in [-0.4, -0.2) is 158 Å². The van der Waals surface area contributed by atoms with Crippen LogP contribution >= 0.6 is 0 Å². The van der Waals surface area contributed by atoms with Crippen molar-refractivity contribution in [3.8, 4) is 0 Å². The molecule has 0 aliphatic carbocycles. The molecule has 0 bridgehead atoms. The number of hydrogen-bond acceptors (Lipinski definition) is 13. The van der Waals surface area contributed by atoms with Gasteiger partial charge in [-0.1, -0.05) is 13.3 Å². The highest BCUT2D eigenvalue weighted by molar-refractivity contribution is 5.77. The van der Waals surface area contributed by atoms with Crippen molar-refractivity contribution in [2.45, 2.75) is 45.1 Å². The zero-order valence-electron chi connectivity index (χ0n) is 27.4. The van der Waals surface area contributed by atoms with Crippen LogP contribution in [0.3, 0.4) is 0 Å². The van der Waals surface area contributed by atoms with E-state index in [9.17, 15) is 9.59 Å². The summed E-state index contributed by atoms with van der Waals surface area (Å²) in [4.78, 5) is 23.7. The maximum absolute atomic E-state index is 12.3. The summed E-state index contributed by atoms with van der Waals surface area (Å²) < 4.78 is 59.1. The second-order valence-corrected chi connectivity index (χ2v) is 9.47. The van der Waals surface area contributed by atoms with E-state index in [1.165, 1.54) is 0 Å². The lowest BCUT2D eigenvalue weighted by atomic mass is 10.1. The van der Waals surface area contributed by atoms with Crippen molar-refractivity contribution in [1.29, 1.82) is 0 Å². The first-order valence-electron chi connectivity index (χ1n) is 15.7. The summed E-state index contributed by atoms with van der Waals surface area (Å²) in [5.74, 6) is 0.261. The number of carbonyl (C=O) groups excluding carboxylic acids is 2. The molecule has 0 heterocycles. The molecule has 1 amide bonds. The fraction of sp³-hybridized carbons (Fsp3) is 0.933. The maximum Gasteiger partial charge on any atom is 0.407 e. The first-order chi connectivity index (χ1) is 21.6. The highest BCUT2D eigenvalue weighted by atomic mass is 16.6. The standard InChI is InChI=1S/C30H59NO13/c1-4-28(32)8-6-5-7-9-31-30(33)44-29(26-42-24-22-40-20-18-38-16-14-36-12-10-34-2)27-43-25-23-41-21-19-39-17-15-37-13-11-35-3/h29H,4-27H2,1-3H3,(H,31,33). The van der Waals surface area contributed by atoms with E-state index < -0.39 is 12.2 Å². The summed E-state index contributed by atoms with van der Waals surface area (Å²) in [5, 5.41) is 2.75. The van der Waals surface area contributed by atoms with Crippen LogP contribution in [0.1, 0.15) is 39.0 Å². The SMILES string of the molecule is CCC(=O)CCCCCNC(=O)OC(COCCOCCOCCOCCOC)COCCOCCOCCOCCOC. The Balaban J connectivity index is 4.06. The number of Topliss-reactive ketones (excluding diaryl/α,β-unsaturated/α-hetero) is 1. The Labute approximate surface area is 263 Å². The fourth-order valence-corrected chi connectivity index (χ4v) is 3.33. The minimum atomic E-state index is -0.597. The number of alkyl carbamates (subject to hydrolysis) is 1. The molecule has 0 spiro atoms. The molecular formula is C30H59NO13. The summed E-state index contributed by atoms with van der Waals surface area (Å²) in [6.07, 6.45) is 2.47. The lowest BCUT2D eigenvalue weighted by Gasteiger charge is -2.19. The molecule has 0 radical (unpaired) electrons. The minimum Gasteiger partial charge on any atom is -0.441 e. The van der Waals surface area contributed by atoms with Gasteiger partial charge in [0.05, 0.1) is 119 Å². The zero-order chi connectivity index (χ0) is 32.2. The van der Waals surface area contributed by atoms with Gasteiger partial charge in [-0.15, -0.1) is 0 Å². The molecule has 14 heteroatoms. The third kappa shape index (κ3) is 33.4. The summed E-state index contributed by atoms with van der Waals surface area (Å²) in [6.45, 7) is 10.1. The highest BCUT2D eigenvalue weighted by Crippen LogP contribution is 2.02. The number of unbranched alkanes of at least 4 members (excludes halogenated alkanes) is 2. The minimum absolute atomic E-state index is 0.159. The van der Waals surface area contributed by atoms with Crippen LogP contribution < -0.4 is 5.32 Å². The van der Waals surface area contributed by atoms with Crippen LogP contribution in [-0.2, 0) is 56.9 Å². The van der Waals surface area contributed by atoms with Crippen LogP contribution in [0.5, 0.6) is 0 Å². The quantitative estimate of drug-likeness (QED) is 0.0996. The average Bonchev–Trinajstić information content (AvgIpc) is 3.02. The van der Waals surface area contributed by atoms with E-state index in [0.29, 0.717) is 125 Å². The van der Waals surface area contributed by atoms with Crippen molar-refractivity contribution >= 4 is 11.9 Å². The lowest BCUT2D eigenvalue weighted by Crippen LogP contribution is -2.35. The predicted molar refractivity (Wildman–Crippen MR) is 162 cm³/mol. The molecule has 0 aromatic heterocycles. The number of methoxy groups -OCH3 is 2. The Hall–Kier alpha value is -1.46. The molecule has 0 fully saturated rings. The predicted octanol–water partition coefficient (Wildman–Crippen LogP) is 2.05. The molecule has 0 saturated carbocycles. The van der Waals surface area contributed by atoms with Gasteiger partial charge in [-0.05, 0) is 12.8 Å². The van der Waals surface area contributed by atoms with E-state index in [-0.39, 0.29) is 19.0 Å². The van der Waals surface area contributed by atoms with Gasteiger partial charge in [-0.25, -0.2) is 4.79 Å². The molecule has 0 saturated heterocycles. The highest BCUT2D eigenvalue weighted by Gasteiger charge is 2.15. The van der Waals surface area contributed by atoms with Gasteiger partial charge in [0, 0.05) is 33.6 Å². The largest absolute Gasteiger partial charge is 0.441 e. The molecule has 1 N–H and O–H groups in total. The maximum atomic E-state index is 12.3. The first kappa shape index (κ1) is 42.5. The number of ether oxygens (including phenoxy) is 11. The van der Waals surface area contributed by atoms with Gasteiger partial charge in [-0.2, -0.15) is 0 Å². The van der Waals surface area contributed by atoms with Gasteiger partial charge in [0.1, 0.15) is 5.78 Å². The molecular weight excluding hydrogens is 582 g/mol. The van der Waals surface area contributed by atoms with Crippen molar-refractivity contribution in [2.24, 2.45) is 0 Å². The van der Waals surface area contributed by atoms with Crippen molar-refractivity contribution in [1.82, 2.24) is 5.32 Å². The van der Waals surface area contributed by atoms with Crippen molar-refractivity contribution < 1.29 is 61.7 Å². The number of hydrogen-bond donors (Lipinski definition) is 1. The molecule has 0 atom stereocenters. The number of carbonyl (C=O) groups is 2. The fourth-order valence-electron chi connectivity index (χ4n) is 3.33. The monoisotopic (exact) mass is 641 g/mol. The lowest BCUT2D eigenvalue weighted by molar-refractivity contribution is -0.118. The van der Waals surface area contributed by atoms with Gasteiger partial charge in [0.15, 0.2) is 6.10 Å². The van der Waals surface area contributed by atoms with E-state index in [1.54, 1.807) is 14.2 Å². The smallest absolute Gasteiger partial charge is 0.407 e. The summed E-state index contributed by atoms with van der Waals surface area (Å²) in [6, 6.07) is 0. The molecule has 0 aromatic carbocycles. The van der Waals surface area contributed by atoms with Gasteiger partial charge < -0.3 is 57.4 Å². The van der Waals surface area contributed by atoms with Gasteiger partial charge >= 0.3 is 6.09 Å². The molecule has 0 unspecified atom stereocenters. The van der Waals surface area contributed by atoms with E-state index in [1.807, 2.05) is 6.92 Å². The van der Waals surface area contributed by atoms with Gasteiger partial charge in [0.25, 0.3) is 0 Å². The van der Waals surface area contributed by atoms with Crippen LogP contribution in [0.2, 0.25) is 0 Å². The zero-order valence-corrected chi connectivity index (χ0v) is 27.4. The average molecular weight is 642 g/mol. The number of amides is 1. The number of ketones is 1. The van der Waals surface area contributed by atoms with Crippen molar-refractivity contribution in [3.63, 3.8) is 0 Å². The van der Waals surface area contributed by atoms with Crippen molar-refractivity contribution in [3.05, 3.63) is 0 Å². The van der Waals surface area contributed by atoms with Gasteiger partial charge in [-0.3, -0.25) is 4.79 Å².